The Morgan fingerprint density at radius 2 is 2.38 bits per heavy atom. The molecule has 3 heterocycles. The van der Waals surface area contributed by atoms with Gasteiger partial charge in [0.1, 0.15) is 6.33 Å². The maximum absolute atomic E-state index is 4.47. The number of likely N-dealkylation sites (tertiary alicyclic amines) is 1. The molecular formula is C12H18N4. The van der Waals surface area contributed by atoms with Gasteiger partial charge in [-0.1, -0.05) is 0 Å². The van der Waals surface area contributed by atoms with E-state index < -0.39 is 0 Å². The molecule has 1 atom stereocenters. The smallest absolute Gasteiger partial charge is 0.116 e. The van der Waals surface area contributed by atoms with E-state index in [-0.39, 0.29) is 0 Å². The summed E-state index contributed by atoms with van der Waals surface area (Å²) >= 11 is 0. The highest BCUT2D eigenvalue weighted by atomic mass is 15.1. The largest absolute Gasteiger partial charge is 0.307 e. The van der Waals surface area contributed by atoms with Gasteiger partial charge in [-0.25, -0.2) is 9.97 Å². The molecule has 0 aliphatic carbocycles. The standard InChI is InChI=1S/C12H18N4/c1-16-3-2-9(7-16)4-11-10-5-13-6-12(10)15-8-14-11/h8-9,13H,2-7H2,1H3. The Hall–Kier alpha value is -1.00. The summed E-state index contributed by atoms with van der Waals surface area (Å²) in [4.78, 5) is 11.2. The van der Waals surface area contributed by atoms with Crippen LogP contribution < -0.4 is 5.32 Å². The van der Waals surface area contributed by atoms with Gasteiger partial charge in [0.15, 0.2) is 0 Å². The SMILES string of the molecule is CN1CCC(Cc2ncnc3c2CNC3)C1. The number of hydrogen-bond donors (Lipinski definition) is 1. The van der Waals surface area contributed by atoms with E-state index in [4.69, 9.17) is 0 Å². The molecule has 16 heavy (non-hydrogen) atoms. The molecule has 3 rings (SSSR count). The summed E-state index contributed by atoms with van der Waals surface area (Å²) in [7, 11) is 2.20. The topological polar surface area (TPSA) is 41.1 Å². The van der Waals surface area contributed by atoms with Crippen molar-refractivity contribution in [3.63, 3.8) is 0 Å². The van der Waals surface area contributed by atoms with E-state index in [2.05, 4.69) is 27.2 Å². The van der Waals surface area contributed by atoms with Crippen LogP contribution in [0.3, 0.4) is 0 Å². The molecule has 1 saturated heterocycles. The normalized spacial score (nSPS) is 24.9. The molecule has 1 fully saturated rings. The molecular weight excluding hydrogens is 200 g/mol. The number of nitrogens with zero attached hydrogens (tertiary/aromatic N) is 3. The maximum atomic E-state index is 4.47. The van der Waals surface area contributed by atoms with Gasteiger partial charge in [-0.15, -0.1) is 0 Å². The van der Waals surface area contributed by atoms with Crippen LogP contribution in [0.1, 0.15) is 23.4 Å². The first-order chi connectivity index (χ1) is 7.83. The molecule has 4 nitrogen and oxygen atoms in total. The average molecular weight is 218 g/mol. The second kappa shape index (κ2) is 4.11. The molecule has 86 valence electrons. The van der Waals surface area contributed by atoms with Crippen molar-refractivity contribution in [2.24, 2.45) is 5.92 Å². The van der Waals surface area contributed by atoms with Crippen LogP contribution in [-0.4, -0.2) is 35.0 Å². The minimum atomic E-state index is 0.782. The van der Waals surface area contributed by atoms with Crippen molar-refractivity contribution in [3.8, 4) is 0 Å². The molecule has 2 aliphatic rings. The predicted octanol–water partition coefficient (Wildman–Crippen LogP) is 0.574. The van der Waals surface area contributed by atoms with Gasteiger partial charge in [0.05, 0.1) is 5.69 Å². The van der Waals surface area contributed by atoms with Crippen LogP contribution >= 0.6 is 0 Å². The molecule has 1 N–H and O–H groups in total. The number of nitrogens with one attached hydrogen (secondary N) is 1. The first kappa shape index (κ1) is 10.2. The fourth-order valence-corrected chi connectivity index (χ4v) is 2.80. The van der Waals surface area contributed by atoms with Gasteiger partial charge >= 0.3 is 0 Å². The van der Waals surface area contributed by atoms with Crippen molar-refractivity contribution in [2.45, 2.75) is 25.9 Å². The molecule has 0 radical (unpaired) electrons. The van der Waals surface area contributed by atoms with E-state index in [9.17, 15) is 0 Å². The summed E-state index contributed by atoms with van der Waals surface area (Å²) < 4.78 is 0. The van der Waals surface area contributed by atoms with Crippen LogP contribution in [0.15, 0.2) is 6.33 Å². The molecule has 4 heteroatoms. The fraction of sp³-hybridized carbons (Fsp3) is 0.667. The molecule has 1 unspecified atom stereocenters. The van der Waals surface area contributed by atoms with Crippen molar-refractivity contribution >= 4 is 0 Å². The summed E-state index contributed by atoms with van der Waals surface area (Å²) in [6, 6.07) is 0. The number of rotatable bonds is 2. The fourth-order valence-electron chi connectivity index (χ4n) is 2.80. The number of fused-ring (bicyclic) bond motifs is 1. The van der Waals surface area contributed by atoms with Crippen LogP contribution in [0, 0.1) is 5.92 Å². The zero-order chi connectivity index (χ0) is 11.0. The summed E-state index contributed by atoms with van der Waals surface area (Å²) in [6.07, 6.45) is 4.15. The van der Waals surface area contributed by atoms with Gasteiger partial charge < -0.3 is 10.2 Å². The van der Waals surface area contributed by atoms with Crippen molar-refractivity contribution in [2.75, 3.05) is 20.1 Å². The van der Waals surface area contributed by atoms with Crippen LogP contribution in [0.25, 0.3) is 0 Å². The Kier molecular flexibility index (Phi) is 2.61. The lowest BCUT2D eigenvalue weighted by Gasteiger charge is -2.11. The van der Waals surface area contributed by atoms with Gasteiger partial charge in [-0.2, -0.15) is 0 Å². The van der Waals surface area contributed by atoms with Crippen molar-refractivity contribution in [3.05, 3.63) is 23.3 Å². The van der Waals surface area contributed by atoms with E-state index in [0.717, 1.165) is 25.4 Å². The Balaban J connectivity index is 1.77. The molecule has 0 saturated carbocycles. The number of hydrogen-bond acceptors (Lipinski definition) is 4. The number of aromatic nitrogens is 2. The second-order valence-corrected chi connectivity index (χ2v) is 4.97. The lowest BCUT2D eigenvalue weighted by Crippen LogP contribution is -2.16. The zero-order valence-corrected chi connectivity index (χ0v) is 9.74. The highest BCUT2D eigenvalue weighted by Crippen LogP contribution is 2.23. The van der Waals surface area contributed by atoms with Gasteiger partial charge in [-0.05, 0) is 32.4 Å². The molecule has 1 aromatic heterocycles. The molecule has 2 aliphatic heterocycles. The second-order valence-electron chi connectivity index (χ2n) is 4.97. The minimum absolute atomic E-state index is 0.782. The average Bonchev–Trinajstić information content (AvgIpc) is 2.87. The Bertz CT molecular complexity index is 391. The van der Waals surface area contributed by atoms with Crippen LogP contribution in [-0.2, 0) is 19.5 Å². The van der Waals surface area contributed by atoms with Crippen LogP contribution in [0.4, 0.5) is 0 Å². The summed E-state index contributed by atoms with van der Waals surface area (Å²) in [5, 5.41) is 3.35. The van der Waals surface area contributed by atoms with E-state index >= 15 is 0 Å². The van der Waals surface area contributed by atoms with Crippen molar-refractivity contribution in [1.82, 2.24) is 20.2 Å². The van der Waals surface area contributed by atoms with E-state index in [1.165, 1.54) is 36.5 Å². The van der Waals surface area contributed by atoms with Gasteiger partial charge in [0, 0.05) is 30.9 Å². The zero-order valence-electron chi connectivity index (χ0n) is 9.74. The van der Waals surface area contributed by atoms with Gasteiger partial charge in [-0.3, -0.25) is 0 Å². The summed E-state index contributed by atoms with van der Waals surface area (Å²) in [6.45, 7) is 4.31. The quantitative estimate of drug-likeness (QED) is 0.788. The van der Waals surface area contributed by atoms with E-state index in [0.29, 0.717) is 0 Å². The summed E-state index contributed by atoms with van der Waals surface area (Å²) in [5.74, 6) is 0.782. The first-order valence-corrected chi connectivity index (χ1v) is 6.04. The monoisotopic (exact) mass is 218 g/mol. The third-order valence-corrected chi connectivity index (χ3v) is 3.69. The Labute approximate surface area is 96.1 Å². The van der Waals surface area contributed by atoms with Crippen LogP contribution in [0.5, 0.6) is 0 Å². The minimum Gasteiger partial charge on any atom is -0.307 e. The third kappa shape index (κ3) is 1.83. The van der Waals surface area contributed by atoms with Crippen molar-refractivity contribution in [1.29, 1.82) is 0 Å². The van der Waals surface area contributed by atoms with E-state index in [1.54, 1.807) is 6.33 Å². The summed E-state index contributed by atoms with van der Waals surface area (Å²) in [5.41, 5.74) is 3.84. The van der Waals surface area contributed by atoms with E-state index in [1.807, 2.05) is 0 Å². The predicted molar refractivity (Wildman–Crippen MR) is 61.9 cm³/mol. The third-order valence-electron chi connectivity index (χ3n) is 3.69. The first-order valence-electron chi connectivity index (χ1n) is 6.04. The van der Waals surface area contributed by atoms with Crippen molar-refractivity contribution < 1.29 is 0 Å². The molecule has 0 amide bonds. The molecule has 0 bridgehead atoms. The lowest BCUT2D eigenvalue weighted by molar-refractivity contribution is 0.393. The highest BCUT2D eigenvalue weighted by molar-refractivity contribution is 5.28. The van der Waals surface area contributed by atoms with Gasteiger partial charge in [0.2, 0.25) is 0 Å². The maximum Gasteiger partial charge on any atom is 0.116 e. The highest BCUT2D eigenvalue weighted by Gasteiger charge is 2.23. The van der Waals surface area contributed by atoms with Crippen LogP contribution in [0.2, 0.25) is 0 Å². The molecule has 0 aromatic carbocycles. The molecule has 0 spiro atoms. The lowest BCUT2D eigenvalue weighted by atomic mass is 9.99. The van der Waals surface area contributed by atoms with Gasteiger partial charge in [0.25, 0.3) is 0 Å². The molecule has 1 aromatic rings. The Morgan fingerprint density at radius 3 is 3.19 bits per heavy atom. The Morgan fingerprint density at radius 1 is 1.44 bits per heavy atom.